The maximum absolute atomic E-state index is 14.6. The first-order chi connectivity index (χ1) is 37.6. The molecule has 0 bridgehead atoms. The molecule has 2 aromatic carbocycles. The van der Waals surface area contributed by atoms with E-state index in [0.29, 0.717) is 16.4 Å². The second kappa shape index (κ2) is 27.8. The zero-order valence-electron chi connectivity index (χ0n) is 49.9. The van der Waals surface area contributed by atoms with E-state index in [9.17, 15) is 38.7 Å². The van der Waals surface area contributed by atoms with Gasteiger partial charge in [0.25, 0.3) is 0 Å². The Balaban J connectivity index is 0.00000697. The summed E-state index contributed by atoms with van der Waals surface area (Å²) in [6.07, 6.45) is -5.08. The Morgan fingerprint density at radius 3 is 1.58 bits per heavy atom. The van der Waals surface area contributed by atoms with Gasteiger partial charge in [-0.2, -0.15) is 14.9 Å². The molecule has 1 unspecified atom stereocenters. The van der Waals surface area contributed by atoms with Crippen LogP contribution in [0.15, 0.2) is 54.9 Å². The highest BCUT2D eigenvalue weighted by atomic mass is 16.6. The van der Waals surface area contributed by atoms with E-state index in [4.69, 9.17) is 37.9 Å². The number of carboxylic acid groups (broad SMARTS) is 1. The molecule has 81 heavy (non-hydrogen) atoms. The molecule has 0 spiro atoms. The van der Waals surface area contributed by atoms with Gasteiger partial charge in [0.15, 0.2) is 17.0 Å². The van der Waals surface area contributed by atoms with E-state index in [1.54, 1.807) is 41.5 Å². The Bertz CT molecular complexity index is 2740. The molecule has 1 aliphatic carbocycles. The van der Waals surface area contributed by atoms with E-state index in [2.05, 4.69) is 20.3 Å². The largest absolute Gasteiger partial charge is 0.480 e. The van der Waals surface area contributed by atoms with E-state index in [0.717, 1.165) is 38.0 Å². The van der Waals surface area contributed by atoms with Gasteiger partial charge in [-0.3, -0.25) is 9.59 Å². The second-order valence-corrected chi connectivity index (χ2v) is 23.5. The van der Waals surface area contributed by atoms with Crippen LogP contribution in [0.5, 0.6) is 0 Å². The third-order valence-corrected chi connectivity index (χ3v) is 10.7. The van der Waals surface area contributed by atoms with Gasteiger partial charge in [-0.15, -0.1) is 4.90 Å². The summed E-state index contributed by atoms with van der Waals surface area (Å²) in [6, 6.07) is 14.5. The summed E-state index contributed by atoms with van der Waals surface area (Å²) in [5.74, 6) is -4.05. The fraction of sp³-hybridized carbons (Fsp3) is 0.579. The first kappa shape index (κ1) is 66.1. The number of benzene rings is 2. The van der Waals surface area contributed by atoms with Gasteiger partial charge < -0.3 is 57.8 Å². The van der Waals surface area contributed by atoms with E-state index in [-0.39, 0.29) is 55.7 Å². The van der Waals surface area contributed by atoms with Gasteiger partial charge in [-0.05, 0) is 126 Å². The van der Waals surface area contributed by atoms with Gasteiger partial charge in [-0.25, -0.2) is 29.0 Å². The van der Waals surface area contributed by atoms with Crippen molar-refractivity contribution < 1.29 is 76.6 Å². The lowest BCUT2D eigenvalue weighted by molar-refractivity contribution is -0.145. The van der Waals surface area contributed by atoms with Gasteiger partial charge >= 0.3 is 36.4 Å². The quantitative estimate of drug-likeness (QED) is 0.0652. The molecule has 2 N–H and O–H groups in total. The predicted molar refractivity (Wildman–Crippen MR) is 300 cm³/mol. The summed E-state index contributed by atoms with van der Waals surface area (Å²) in [5, 5.41) is 12.9. The molecule has 0 fully saturated rings. The van der Waals surface area contributed by atoms with Crippen molar-refractivity contribution in [2.75, 3.05) is 62.5 Å². The van der Waals surface area contributed by atoms with Crippen LogP contribution in [0.1, 0.15) is 135 Å². The normalized spacial score (nSPS) is 12.9. The highest BCUT2D eigenvalue weighted by Crippen LogP contribution is 2.44. The topological polar surface area (TPSA) is 279 Å². The Morgan fingerprint density at radius 1 is 0.630 bits per heavy atom. The number of carbonyl (C=O) groups is 7. The van der Waals surface area contributed by atoms with Crippen LogP contribution in [0, 0.1) is 0 Å². The average molecular weight is 1140 g/mol. The molecule has 4 aromatic rings. The molecule has 0 aliphatic heterocycles. The van der Waals surface area contributed by atoms with Crippen molar-refractivity contribution in [2.45, 2.75) is 164 Å². The molecule has 446 valence electrons. The highest BCUT2D eigenvalue weighted by molar-refractivity contribution is 6.14. The number of aromatic nitrogens is 4. The van der Waals surface area contributed by atoms with E-state index < -0.39 is 102 Å². The van der Waals surface area contributed by atoms with Crippen LogP contribution in [0.2, 0.25) is 0 Å². The van der Waals surface area contributed by atoms with Crippen molar-refractivity contribution in [3.05, 3.63) is 66.0 Å². The molecule has 6 amide bonds. The van der Waals surface area contributed by atoms with Crippen LogP contribution in [-0.2, 0) is 54.0 Å². The van der Waals surface area contributed by atoms with Crippen molar-refractivity contribution >= 4 is 65.3 Å². The summed E-state index contributed by atoms with van der Waals surface area (Å²) in [6.45, 7) is 26.7. The smallest absolute Gasteiger partial charge is 0.427 e. The lowest BCUT2D eigenvalue weighted by atomic mass is 9.98. The number of imide groups is 2. The molecule has 0 saturated carbocycles. The predicted octanol–water partition coefficient (Wildman–Crippen LogP) is 9.87. The third kappa shape index (κ3) is 20.6. The molecule has 2 heterocycles. The number of fused-ring (bicyclic) bond motifs is 4. The van der Waals surface area contributed by atoms with Gasteiger partial charge in [0.1, 0.15) is 42.1 Å². The summed E-state index contributed by atoms with van der Waals surface area (Å²) < 4.78 is 46.6. The SMILES string of the molecule is CC.CC(C)(C)OCCOCCOCC(CN(CC(=O)O)C(=O)Cn1cnc2c(N(C(=O)OC(C)(C)C)C(=O)OC(C)(C)C)nc(N(C(=O)OC(C)(C)C)C(=O)OC(C)(C)C)nc21)NC(=O)OCC1c2ccccc2-c2ccccc21. The van der Waals surface area contributed by atoms with Crippen molar-refractivity contribution in [3.63, 3.8) is 0 Å². The lowest BCUT2D eigenvalue weighted by Crippen LogP contribution is -2.50. The van der Waals surface area contributed by atoms with Crippen LogP contribution >= 0.6 is 0 Å². The summed E-state index contributed by atoms with van der Waals surface area (Å²) in [4.78, 5) is 112. The van der Waals surface area contributed by atoms with Crippen LogP contribution in [0.4, 0.5) is 35.7 Å². The molecule has 0 radical (unpaired) electrons. The van der Waals surface area contributed by atoms with E-state index >= 15 is 0 Å². The Morgan fingerprint density at radius 2 is 1.10 bits per heavy atom. The van der Waals surface area contributed by atoms with Gasteiger partial charge in [-0.1, -0.05) is 62.4 Å². The first-order valence-corrected chi connectivity index (χ1v) is 26.8. The van der Waals surface area contributed by atoms with Crippen LogP contribution in [-0.4, -0.2) is 159 Å². The maximum Gasteiger partial charge on any atom is 0.427 e. The number of hydrogen-bond acceptors (Lipinski definition) is 18. The molecule has 1 aliphatic rings. The van der Waals surface area contributed by atoms with Crippen LogP contribution < -0.4 is 15.1 Å². The molecule has 5 rings (SSSR count). The van der Waals surface area contributed by atoms with E-state index in [1.165, 1.54) is 41.5 Å². The number of alkyl carbamates (subject to hydrolysis) is 1. The number of imidazole rings is 1. The number of carboxylic acids is 1. The molecule has 1 atom stereocenters. The Labute approximate surface area is 474 Å². The number of hydrogen-bond donors (Lipinski definition) is 2. The molecule has 24 heteroatoms. The monoisotopic (exact) mass is 1130 g/mol. The Hall–Kier alpha value is -7.44. The van der Waals surface area contributed by atoms with Gasteiger partial charge in [0.2, 0.25) is 11.9 Å². The van der Waals surface area contributed by atoms with Crippen molar-refractivity contribution in [2.24, 2.45) is 0 Å². The van der Waals surface area contributed by atoms with Crippen LogP contribution in [0.25, 0.3) is 22.3 Å². The molecule has 24 nitrogen and oxygen atoms in total. The zero-order valence-corrected chi connectivity index (χ0v) is 49.9. The maximum atomic E-state index is 14.6. The third-order valence-electron chi connectivity index (χ3n) is 10.7. The number of nitrogens with zero attached hydrogens (tertiary/aromatic N) is 7. The molecule has 0 saturated heterocycles. The van der Waals surface area contributed by atoms with Gasteiger partial charge in [0.05, 0.1) is 51.0 Å². The zero-order chi connectivity index (χ0) is 60.8. The minimum atomic E-state index is -1.42. The van der Waals surface area contributed by atoms with Gasteiger partial charge in [0, 0.05) is 12.5 Å². The van der Waals surface area contributed by atoms with E-state index in [1.807, 2.05) is 83.1 Å². The number of ether oxygens (including phenoxy) is 8. The second-order valence-electron chi connectivity index (χ2n) is 23.5. The number of aliphatic carboxylic acids is 1. The average Bonchev–Trinajstić information content (AvgIpc) is 4.15. The number of amides is 6. The first-order valence-electron chi connectivity index (χ1n) is 26.8. The summed E-state index contributed by atoms with van der Waals surface area (Å²) >= 11 is 0. The fourth-order valence-corrected chi connectivity index (χ4v) is 7.73. The summed E-state index contributed by atoms with van der Waals surface area (Å²) in [5.41, 5.74) is -1.90. The fourth-order valence-electron chi connectivity index (χ4n) is 7.73. The Kier molecular flexibility index (Phi) is 22.7. The standard InChI is InChI=1S/C55H76N8O16.C2H6/c1-51(2,3)75-27-26-72-24-25-73-31-34(57-46(67)74-32-39-37-22-18-16-20-35(37)36-21-17-19-23-38(36)39)28-60(30-41(65)66)40(64)29-61-33-56-42-43(61)58-45(63(49(70)78-54(10,11)12)50(71)79-55(13,14)15)59-44(42)62(47(68)76-52(4,5)6)48(69)77-53(7,8)9;1-2/h16-23,33-34,39H,24-32H2,1-15H3,(H,57,67)(H,65,66);1-2H3. The highest BCUT2D eigenvalue weighted by Gasteiger charge is 2.41. The summed E-state index contributed by atoms with van der Waals surface area (Å²) in [7, 11) is 0. The number of anilines is 2. The molecular weight excluding hydrogens is 1050 g/mol. The number of nitrogens with one attached hydrogen (secondary N) is 1. The number of carbonyl (C=O) groups excluding carboxylic acids is 6. The van der Waals surface area contributed by atoms with Crippen molar-refractivity contribution in [3.8, 4) is 11.1 Å². The van der Waals surface area contributed by atoms with Crippen molar-refractivity contribution in [1.29, 1.82) is 0 Å². The lowest BCUT2D eigenvalue weighted by Gasteiger charge is -2.29. The molecule has 2 aromatic heterocycles. The molecular formula is C57H82N8O16. The van der Waals surface area contributed by atoms with Crippen molar-refractivity contribution in [1.82, 2.24) is 29.7 Å². The van der Waals surface area contributed by atoms with Crippen LogP contribution in [0.3, 0.4) is 0 Å². The minimum Gasteiger partial charge on any atom is -0.480 e. The number of rotatable bonds is 19. The minimum absolute atomic E-state index is 0.0455.